The van der Waals surface area contributed by atoms with Crippen LogP contribution in [0.5, 0.6) is 0 Å². The first kappa shape index (κ1) is 25.6. The number of benzene rings is 2. The molecule has 188 valence electrons. The Kier molecular flexibility index (Phi) is 8.51. The standard InChI is InChI=1S/C28H34N6OS/c1-2-3-15-33(16-14-29)28(35)22-11-12-25-24(18-22)32-26(34(25)19-23-5-4-17-36-23)13-8-20-6-9-21(10-7-20)27(30)31/h4-7,9-12,17-18H,2-3,8,13-16,19,29H2,1H3,(H3,30,31). The van der Waals surface area contributed by atoms with Crippen LogP contribution in [0.1, 0.15) is 52.0 Å². The Morgan fingerprint density at radius 3 is 2.53 bits per heavy atom. The van der Waals surface area contributed by atoms with Gasteiger partial charge in [0, 0.05) is 42.1 Å². The van der Waals surface area contributed by atoms with Crippen molar-refractivity contribution in [1.29, 1.82) is 5.41 Å². The summed E-state index contributed by atoms with van der Waals surface area (Å²) in [5.41, 5.74) is 15.8. The molecule has 0 radical (unpaired) electrons. The number of nitrogens with zero attached hydrogens (tertiary/aromatic N) is 3. The van der Waals surface area contributed by atoms with Gasteiger partial charge in [-0.25, -0.2) is 4.98 Å². The average Bonchev–Trinajstić information content (AvgIpc) is 3.53. The fraction of sp³-hybridized carbons (Fsp3) is 0.321. The minimum atomic E-state index is 0.00992. The van der Waals surface area contributed by atoms with Gasteiger partial charge in [-0.3, -0.25) is 10.2 Å². The van der Waals surface area contributed by atoms with Gasteiger partial charge in [-0.2, -0.15) is 0 Å². The van der Waals surface area contributed by atoms with Gasteiger partial charge in [0.1, 0.15) is 11.7 Å². The van der Waals surface area contributed by atoms with E-state index >= 15 is 0 Å². The summed E-state index contributed by atoms with van der Waals surface area (Å²) in [7, 11) is 0. The first-order valence-corrected chi connectivity index (χ1v) is 13.3. The van der Waals surface area contributed by atoms with Gasteiger partial charge in [0.05, 0.1) is 17.6 Å². The zero-order valence-electron chi connectivity index (χ0n) is 20.7. The van der Waals surface area contributed by atoms with Gasteiger partial charge in [-0.05, 0) is 48.1 Å². The van der Waals surface area contributed by atoms with Gasteiger partial charge in [-0.15, -0.1) is 11.3 Å². The molecule has 0 unspecified atom stereocenters. The topological polar surface area (TPSA) is 114 Å². The molecule has 4 rings (SSSR count). The van der Waals surface area contributed by atoms with Gasteiger partial charge >= 0.3 is 0 Å². The molecule has 0 fully saturated rings. The summed E-state index contributed by atoms with van der Waals surface area (Å²) in [5, 5.41) is 9.68. The zero-order chi connectivity index (χ0) is 25.5. The summed E-state index contributed by atoms with van der Waals surface area (Å²) < 4.78 is 2.26. The molecule has 0 aliphatic carbocycles. The molecule has 0 saturated carbocycles. The number of imidazole rings is 1. The highest BCUT2D eigenvalue weighted by atomic mass is 32.1. The van der Waals surface area contributed by atoms with Crippen molar-refractivity contribution in [2.75, 3.05) is 19.6 Å². The predicted molar refractivity (Wildman–Crippen MR) is 148 cm³/mol. The maximum atomic E-state index is 13.2. The number of hydrogen-bond acceptors (Lipinski definition) is 5. The second-order valence-electron chi connectivity index (χ2n) is 8.94. The van der Waals surface area contributed by atoms with Crippen molar-refractivity contribution in [2.45, 2.75) is 39.2 Å². The maximum absolute atomic E-state index is 13.2. The highest BCUT2D eigenvalue weighted by Crippen LogP contribution is 2.23. The van der Waals surface area contributed by atoms with E-state index in [0.717, 1.165) is 54.6 Å². The van der Waals surface area contributed by atoms with Crippen LogP contribution in [-0.2, 0) is 19.4 Å². The number of aromatic nitrogens is 2. The molecule has 0 saturated heterocycles. The lowest BCUT2D eigenvalue weighted by Crippen LogP contribution is -2.36. The van der Waals surface area contributed by atoms with E-state index in [1.54, 1.807) is 11.3 Å². The molecule has 2 heterocycles. The number of hydrogen-bond donors (Lipinski definition) is 3. The summed E-state index contributed by atoms with van der Waals surface area (Å²) in [6.07, 6.45) is 3.57. The molecular weight excluding hydrogens is 468 g/mol. The van der Waals surface area contributed by atoms with E-state index < -0.39 is 0 Å². The Balaban J connectivity index is 1.62. The number of nitrogen functional groups attached to an aromatic ring is 1. The van der Waals surface area contributed by atoms with Crippen LogP contribution in [0.2, 0.25) is 0 Å². The lowest BCUT2D eigenvalue weighted by Gasteiger charge is -2.21. The number of nitrogens with one attached hydrogen (secondary N) is 1. The number of amidine groups is 1. The lowest BCUT2D eigenvalue weighted by atomic mass is 10.1. The first-order chi connectivity index (χ1) is 17.5. The number of unbranched alkanes of at least 4 members (excludes halogenated alkanes) is 1. The van der Waals surface area contributed by atoms with Crippen LogP contribution in [-0.4, -0.2) is 45.8 Å². The number of fused-ring (bicyclic) bond motifs is 1. The van der Waals surface area contributed by atoms with E-state index in [-0.39, 0.29) is 11.7 Å². The highest BCUT2D eigenvalue weighted by molar-refractivity contribution is 7.09. The molecular formula is C28H34N6OS. The Hall–Kier alpha value is -3.49. The van der Waals surface area contributed by atoms with E-state index in [4.69, 9.17) is 21.9 Å². The molecule has 8 heteroatoms. The van der Waals surface area contributed by atoms with Crippen LogP contribution in [0.3, 0.4) is 0 Å². The van der Waals surface area contributed by atoms with Crippen LogP contribution in [0.15, 0.2) is 60.0 Å². The van der Waals surface area contributed by atoms with E-state index in [2.05, 4.69) is 29.0 Å². The van der Waals surface area contributed by atoms with Gasteiger partial charge in [0.25, 0.3) is 5.91 Å². The largest absolute Gasteiger partial charge is 0.384 e. The molecule has 5 N–H and O–H groups in total. The summed E-state index contributed by atoms with van der Waals surface area (Å²) in [4.78, 5) is 21.3. The molecule has 4 aromatic rings. The fourth-order valence-electron chi connectivity index (χ4n) is 4.35. The molecule has 0 spiro atoms. The molecule has 0 atom stereocenters. The summed E-state index contributed by atoms with van der Waals surface area (Å²) >= 11 is 1.73. The van der Waals surface area contributed by atoms with Gasteiger partial charge in [0.15, 0.2) is 0 Å². The van der Waals surface area contributed by atoms with Crippen molar-refractivity contribution in [2.24, 2.45) is 11.5 Å². The second kappa shape index (κ2) is 12.0. The molecule has 7 nitrogen and oxygen atoms in total. The second-order valence-corrected chi connectivity index (χ2v) is 9.97. The molecule has 0 aliphatic rings. The quantitative estimate of drug-likeness (QED) is 0.197. The number of rotatable bonds is 12. The number of amides is 1. The van der Waals surface area contributed by atoms with Crippen molar-refractivity contribution in [3.63, 3.8) is 0 Å². The summed E-state index contributed by atoms with van der Waals surface area (Å²) in [6, 6.07) is 17.9. The van der Waals surface area contributed by atoms with Gasteiger partial charge < -0.3 is 20.9 Å². The molecule has 1 amide bonds. The minimum absolute atomic E-state index is 0.00992. The predicted octanol–water partition coefficient (Wildman–Crippen LogP) is 4.42. The van der Waals surface area contributed by atoms with Crippen molar-refractivity contribution >= 4 is 34.1 Å². The number of carbonyl (C=O) groups excluding carboxylic acids is 1. The monoisotopic (exact) mass is 502 g/mol. The van der Waals surface area contributed by atoms with Crippen molar-refractivity contribution in [3.05, 3.63) is 87.4 Å². The Morgan fingerprint density at radius 2 is 1.86 bits per heavy atom. The maximum Gasteiger partial charge on any atom is 0.253 e. The first-order valence-electron chi connectivity index (χ1n) is 12.4. The lowest BCUT2D eigenvalue weighted by molar-refractivity contribution is 0.0758. The Bertz CT molecular complexity index is 1310. The molecule has 0 aliphatic heterocycles. The molecule has 0 bridgehead atoms. The summed E-state index contributed by atoms with van der Waals surface area (Å²) in [5.74, 6) is 1.07. The van der Waals surface area contributed by atoms with E-state index in [1.165, 1.54) is 10.4 Å². The van der Waals surface area contributed by atoms with Crippen LogP contribution in [0, 0.1) is 5.41 Å². The Morgan fingerprint density at radius 1 is 1.08 bits per heavy atom. The molecule has 2 aromatic heterocycles. The molecule has 36 heavy (non-hydrogen) atoms. The fourth-order valence-corrected chi connectivity index (χ4v) is 5.04. The van der Waals surface area contributed by atoms with Crippen LogP contribution in [0.25, 0.3) is 11.0 Å². The van der Waals surface area contributed by atoms with Crippen molar-refractivity contribution < 1.29 is 4.79 Å². The van der Waals surface area contributed by atoms with E-state index in [1.807, 2.05) is 47.4 Å². The van der Waals surface area contributed by atoms with Crippen LogP contribution >= 0.6 is 11.3 Å². The summed E-state index contributed by atoms with van der Waals surface area (Å²) in [6.45, 7) is 4.58. The normalized spacial score (nSPS) is 11.2. The molecule has 2 aromatic carbocycles. The van der Waals surface area contributed by atoms with Crippen molar-refractivity contribution in [1.82, 2.24) is 14.5 Å². The van der Waals surface area contributed by atoms with Crippen molar-refractivity contribution in [3.8, 4) is 0 Å². The average molecular weight is 503 g/mol. The van der Waals surface area contributed by atoms with Gasteiger partial charge in [0.2, 0.25) is 0 Å². The van der Waals surface area contributed by atoms with E-state index in [9.17, 15) is 4.79 Å². The highest BCUT2D eigenvalue weighted by Gasteiger charge is 2.18. The third-order valence-corrected chi connectivity index (χ3v) is 7.20. The van der Waals surface area contributed by atoms with Gasteiger partial charge in [-0.1, -0.05) is 43.7 Å². The minimum Gasteiger partial charge on any atom is -0.384 e. The number of thiophene rings is 1. The van der Waals surface area contributed by atoms with Crippen LogP contribution in [0.4, 0.5) is 0 Å². The number of aryl methyl sites for hydroxylation is 2. The van der Waals surface area contributed by atoms with E-state index in [0.29, 0.717) is 25.2 Å². The SMILES string of the molecule is CCCCN(CCN)C(=O)c1ccc2c(c1)nc(CCc1ccc(C(=N)N)cc1)n2Cc1cccs1. The zero-order valence-corrected chi connectivity index (χ0v) is 21.6. The number of carbonyl (C=O) groups is 1. The third-order valence-electron chi connectivity index (χ3n) is 6.34. The number of nitrogens with two attached hydrogens (primary N) is 2. The smallest absolute Gasteiger partial charge is 0.253 e. The van der Waals surface area contributed by atoms with Crippen LogP contribution < -0.4 is 11.5 Å². The third kappa shape index (κ3) is 6.01. The Labute approximate surface area is 216 Å².